The summed E-state index contributed by atoms with van der Waals surface area (Å²) in [6, 6.07) is 0.195. The fourth-order valence-electron chi connectivity index (χ4n) is 3.03. The minimum atomic E-state index is -1.43. The van der Waals surface area contributed by atoms with E-state index >= 15 is 0 Å². The Hall–Kier alpha value is -1.87. The first kappa shape index (κ1) is 22.4. The van der Waals surface area contributed by atoms with Crippen LogP contribution >= 0.6 is 0 Å². The Balaban J connectivity index is 1.99. The van der Waals surface area contributed by atoms with Crippen LogP contribution in [0.3, 0.4) is 0 Å². The predicted octanol–water partition coefficient (Wildman–Crippen LogP) is 3.23. The van der Waals surface area contributed by atoms with E-state index in [-0.39, 0.29) is 12.2 Å². The van der Waals surface area contributed by atoms with Crippen molar-refractivity contribution in [3.05, 3.63) is 34.9 Å². The van der Waals surface area contributed by atoms with Gasteiger partial charge in [0.1, 0.15) is 0 Å². The van der Waals surface area contributed by atoms with Crippen LogP contribution in [0.2, 0.25) is 0 Å². The van der Waals surface area contributed by atoms with Crippen LogP contribution in [-0.2, 0) is 16.0 Å². The average molecular weight is 405 g/mol. The van der Waals surface area contributed by atoms with E-state index in [9.17, 15) is 17.6 Å². The SMILES string of the molecule is CCNC(=NCc1c(F)c(F)cc(F)c1F)N1CCC(OCCCOC)CC1. The molecule has 1 aliphatic heterocycles. The first-order chi connectivity index (χ1) is 13.5. The molecule has 0 aliphatic carbocycles. The molecular formula is C19H27F4N3O2. The van der Waals surface area contributed by atoms with E-state index in [0.717, 1.165) is 19.3 Å². The molecule has 0 bridgehead atoms. The standard InChI is InChI=1S/C19H27F4N3O2/c1-3-24-19(25-12-14-17(22)15(20)11-16(21)18(14)23)26-7-5-13(6-8-26)28-10-4-9-27-2/h11,13H,3-10,12H2,1-2H3,(H,24,25). The number of piperidine rings is 1. The molecule has 1 aromatic carbocycles. The molecule has 1 heterocycles. The third-order valence-corrected chi connectivity index (χ3v) is 4.51. The van der Waals surface area contributed by atoms with Crippen molar-refractivity contribution in [3.63, 3.8) is 0 Å². The number of nitrogens with zero attached hydrogens (tertiary/aromatic N) is 2. The Morgan fingerprint density at radius 1 is 1.14 bits per heavy atom. The molecule has 1 aromatic rings. The lowest BCUT2D eigenvalue weighted by Crippen LogP contribution is -2.47. The van der Waals surface area contributed by atoms with Crippen molar-refractivity contribution in [1.29, 1.82) is 0 Å². The van der Waals surface area contributed by atoms with Crippen LogP contribution in [0, 0.1) is 23.3 Å². The molecule has 158 valence electrons. The number of rotatable bonds is 8. The van der Waals surface area contributed by atoms with Gasteiger partial charge in [-0.1, -0.05) is 0 Å². The van der Waals surface area contributed by atoms with E-state index in [0.29, 0.717) is 38.8 Å². The number of benzene rings is 1. The van der Waals surface area contributed by atoms with Crippen LogP contribution in [0.15, 0.2) is 11.1 Å². The van der Waals surface area contributed by atoms with E-state index in [1.165, 1.54) is 0 Å². The van der Waals surface area contributed by atoms with Crippen molar-refractivity contribution in [2.75, 3.05) is 40.0 Å². The Labute approximate surface area is 162 Å². The first-order valence-electron chi connectivity index (χ1n) is 9.43. The van der Waals surface area contributed by atoms with Crippen LogP contribution in [0.1, 0.15) is 31.7 Å². The second-order valence-electron chi connectivity index (χ2n) is 6.52. The predicted molar refractivity (Wildman–Crippen MR) is 98.1 cm³/mol. The molecule has 0 amide bonds. The van der Waals surface area contributed by atoms with E-state index in [4.69, 9.17) is 9.47 Å². The lowest BCUT2D eigenvalue weighted by Gasteiger charge is -2.34. The van der Waals surface area contributed by atoms with Crippen LogP contribution in [0.4, 0.5) is 17.6 Å². The second kappa shape index (κ2) is 11.2. The largest absolute Gasteiger partial charge is 0.385 e. The van der Waals surface area contributed by atoms with Crippen molar-refractivity contribution in [1.82, 2.24) is 10.2 Å². The molecule has 1 aliphatic rings. The number of hydrogen-bond donors (Lipinski definition) is 1. The van der Waals surface area contributed by atoms with Gasteiger partial charge in [-0.05, 0) is 26.2 Å². The van der Waals surface area contributed by atoms with E-state index < -0.39 is 35.4 Å². The van der Waals surface area contributed by atoms with Crippen molar-refractivity contribution < 1.29 is 27.0 Å². The van der Waals surface area contributed by atoms with Crippen LogP contribution in [0.25, 0.3) is 0 Å². The van der Waals surface area contributed by atoms with Gasteiger partial charge in [-0.3, -0.25) is 0 Å². The zero-order valence-corrected chi connectivity index (χ0v) is 16.2. The van der Waals surface area contributed by atoms with Gasteiger partial charge in [0.15, 0.2) is 29.2 Å². The number of halogens is 4. The highest BCUT2D eigenvalue weighted by Crippen LogP contribution is 2.20. The van der Waals surface area contributed by atoms with Gasteiger partial charge in [-0.15, -0.1) is 0 Å². The molecule has 0 atom stereocenters. The molecule has 1 fully saturated rings. The quantitative estimate of drug-likeness (QED) is 0.237. The molecule has 0 aromatic heterocycles. The Morgan fingerprint density at radius 2 is 1.79 bits per heavy atom. The number of ether oxygens (including phenoxy) is 2. The molecule has 28 heavy (non-hydrogen) atoms. The summed E-state index contributed by atoms with van der Waals surface area (Å²) in [5, 5.41) is 3.05. The summed E-state index contributed by atoms with van der Waals surface area (Å²) in [6.07, 6.45) is 2.55. The Bertz CT molecular complexity index is 639. The number of likely N-dealkylation sites (tertiary alicyclic amines) is 1. The third kappa shape index (κ3) is 6.07. The number of hydrogen-bond acceptors (Lipinski definition) is 3. The maximum atomic E-state index is 13.8. The highest BCUT2D eigenvalue weighted by molar-refractivity contribution is 5.80. The third-order valence-electron chi connectivity index (χ3n) is 4.51. The lowest BCUT2D eigenvalue weighted by atomic mass is 10.1. The molecule has 0 radical (unpaired) electrons. The average Bonchev–Trinajstić information content (AvgIpc) is 2.69. The van der Waals surface area contributed by atoms with Gasteiger partial charge in [-0.25, -0.2) is 22.6 Å². The fraction of sp³-hybridized carbons (Fsp3) is 0.632. The first-order valence-corrected chi connectivity index (χ1v) is 9.43. The zero-order chi connectivity index (χ0) is 20.5. The maximum absolute atomic E-state index is 13.8. The van der Waals surface area contributed by atoms with Crippen LogP contribution < -0.4 is 5.32 Å². The number of guanidine groups is 1. The molecule has 0 unspecified atom stereocenters. The summed E-state index contributed by atoms with van der Waals surface area (Å²) in [6.45, 7) is 4.52. The summed E-state index contributed by atoms with van der Waals surface area (Å²) >= 11 is 0. The molecule has 0 saturated carbocycles. The van der Waals surface area contributed by atoms with Gasteiger partial charge in [0.2, 0.25) is 0 Å². The van der Waals surface area contributed by atoms with Crippen LogP contribution in [0.5, 0.6) is 0 Å². The molecular weight excluding hydrogens is 378 g/mol. The molecule has 5 nitrogen and oxygen atoms in total. The Kier molecular flexibility index (Phi) is 8.98. The summed E-state index contributed by atoms with van der Waals surface area (Å²) in [4.78, 5) is 6.13. The Morgan fingerprint density at radius 3 is 2.36 bits per heavy atom. The van der Waals surface area contributed by atoms with Gasteiger partial charge in [0, 0.05) is 46.0 Å². The highest BCUT2D eigenvalue weighted by Gasteiger charge is 2.23. The monoisotopic (exact) mass is 405 g/mol. The molecule has 1 saturated heterocycles. The van der Waals surface area contributed by atoms with Crippen molar-refractivity contribution in [2.45, 2.75) is 38.8 Å². The summed E-state index contributed by atoms with van der Waals surface area (Å²) in [5.74, 6) is -5.24. The normalized spacial score (nSPS) is 15.9. The van der Waals surface area contributed by atoms with Gasteiger partial charge < -0.3 is 19.7 Å². The number of aliphatic imine (C=N–C) groups is 1. The zero-order valence-electron chi connectivity index (χ0n) is 16.2. The van der Waals surface area contributed by atoms with E-state index in [1.54, 1.807) is 7.11 Å². The molecule has 1 N–H and O–H groups in total. The maximum Gasteiger partial charge on any atom is 0.194 e. The van der Waals surface area contributed by atoms with E-state index in [2.05, 4.69) is 10.3 Å². The molecule has 9 heteroatoms. The van der Waals surface area contributed by atoms with Gasteiger partial charge in [0.05, 0.1) is 18.2 Å². The van der Waals surface area contributed by atoms with Gasteiger partial charge in [-0.2, -0.15) is 0 Å². The minimum Gasteiger partial charge on any atom is -0.385 e. The minimum absolute atomic E-state index is 0.142. The van der Waals surface area contributed by atoms with Crippen LogP contribution in [-0.4, -0.2) is 56.9 Å². The fourth-order valence-corrected chi connectivity index (χ4v) is 3.03. The smallest absolute Gasteiger partial charge is 0.194 e. The van der Waals surface area contributed by atoms with Gasteiger partial charge >= 0.3 is 0 Å². The summed E-state index contributed by atoms with van der Waals surface area (Å²) < 4.78 is 65.2. The van der Waals surface area contributed by atoms with Gasteiger partial charge in [0.25, 0.3) is 0 Å². The molecule has 2 rings (SSSR count). The number of methoxy groups -OCH3 is 1. The van der Waals surface area contributed by atoms with Crippen molar-refractivity contribution in [3.8, 4) is 0 Å². The van der Waals surface area contributed by atoms with Crippen molar-refractivity contribution >= 4 is 5.96 Å². The molecule has 0 spiro atoms. The lowest BCUT2D eigenvalue weighted by molar-refractivity contribution is 0.00990. The summed E-state index contributed by atoms with van der Waals surface area (Å²) in [7, 11) is 1.65. The van der Waals surface area contributed by atoms with Crippen molar-refractivity contribution in [2.24, 2.45) is 4.99 Å². The second-order valence-corrected chi connectivity index (χ2v) is 6.52. The summed E-state index contributed by atoms with van der Waals surface area (Å²) in [5.41, 5.74) is -0.718. The van der Waals surface area contributed by atoms with E-state index in [1.807, 2.05) is 11.8 Å². The highest BCUT2D eigenvalue weighted by atomic mass is 19.2. The topological polar surface area (TPSA) is 46.1 Å². The number of nitrogens with one attached hydrogen (secondary N) is 1.